The number of nitrogens with zero attached hydrogens (tertiary/aromatic N) is 2. The van der Waals surface area contributed by atoms with Gasteiger partial charge in [-0.3, -0.25) is 5.21 Å². The molecule has 0 radical (unpaired) electrons. The highest BCUT2D eigenvalue weighted by atomic mass is 32.2. The van der Waals surface area contributed by atoms with Gasteiger partial charge in [0.25, 0.3) is 10.0 Å². The molecule has 0 heterocycles. The first-order valence-corrected chi connectivity index (χ1v) is 7.83. The van der Waals surface area contributed by atoms with Crippen molar-refractivity contribution in [3.8, 4) is 0 Å². The lowest BCUT2D eigenvalue weighted by Crippen LogP contribution is -2.24. The number of hydrogen-bond donors (Lipinski definition) is 1. The van der Waals surface area contributed by atoms with Crippen LogP contribution in [0.25, 0.3) is 5.76 Å². The fourth-order valence-corrected chi connectivity index (χ4v) is 1.84. The molecule has 1 rings (SSSR count). The van der Waals surface area contributed by atoms with E-state index in [9.17, 15) is 13.6 Å². The Kier molecular flexibility index (Phi) is 5.28. The Hall–Kier alpha value is -2.12. The Morgan fingerprint density at radius 1 is 1.29 bits per heavy atom. The van der Waals surface area contributed by atoms with Crippen molar-refractivity contribution in [1.82, 2.24) is 4.47 Å². The topological polar surface area (TPSA) is 79.2 Å². The average Bonchev–Trinajstić information content (AvgIpc) is 2.37. The number of aryl methyl sites for hydroxylation is 1. The van der Waals surface area contributed by atoms with Crippen molar-refractivity contribution in [3.05, 3.63) is 54.4 Å². The Morgan fingerprint density at radius 3 is 2.29 bits per heavy atom. The van der Waals surface area contributed by atoms with Crippen LogP contribution in [0.2, 0.25) is 0 Å². The summed E-state index contributed by atoms with van der Waals surface area (Å²) < 4.78 is 27.6. The fraction of sp³-hybridized carbons (Fsp3) is 0.214. The van der Waals surface area contributed by atoms with Gasteiger partial charge in [-0.25, -0.2) is 8.42 Å². The van der Waals surface area contributed by atoms with Gasteiger partial charge in [0, 0.05) is 12.5 Å². The lowest BCUT2D eigenvalue weighted by atomic mass is 10.1. The number of aliphatic imine (C=N–C) groups is 1. The molecule has 0 unspecified atom stereocenters. The van der Waals surface area contributed by atoms with E-state index in [1.165, 1.54) is 6.92 Å². The van der Waals surface area contributed by atoms with Gasteiger partial charge in [-0.1, -0.05) is 43.0 Å². The van der Waals surface area contributed by atoms with Crippen LogP contribution in [0.1, 0.15) is 18.1 Å². The van der Waals surface area contributed by atoms with E-state index in [1.54, 1.807) is 0 Å². The molecular weight excluding hydrogens is 292 g/mol. The average molecular weight is 310 g/mol. The summed E-state index contributed by atoms with van der Waals surface area (Å²) in [5.74, 6) is 0.0906. The molecule has 1 N–H and O–H groups in total. The third kappa shape index (κ3) is 5.05. The normalized spacial score (nSPS) is 11.9. The number of ether oxygens (including phenoxy) is 1. The molecule has 0 spiro atoms. The minimum absolute atomic E-state index is 0.0193. The van der Waals surface area contributed by atoms with Crippen molar-refractivity contribution in [2.24, 2.45) is 4.99 Å². The van der Waals surface area contributed by atoms with Crippen LogP contribution in [0.3, 0.4) is 0 Å². The third-order valence-corrected chi connectivity index (χ3v) is 3.30. The summed E-state index contributed by atoms with van der Waals surface area (Å²) in [5.41, 5.74) is 1.87. The minimum atomic E-state index is -3.83. The Bertz CT molecular complexity index is 675. The maximum atomic E-state index is 11.1. The summed E-state index contributed by atoms with van der Waals surface area (Å²) in [5, 5.41) is 9.35. The highest BCUT2D eigenvalue weighted by molar-refractivity contribution is 7.88. The van der Waals surface area contributed by atoms with Crippen LogP contribution in [0.5, 0.6) is 0 Å². The van der Waals surface area contributed by atoms with Gasteiger partial charge < -0.3 is 4.74 Å². The molecule has 0 aromatic heterocycles. The van der Waals surface area contributed by atoms with E-state index in [0.717, 1.165) is 17.4 Å². The minimum Gasteiger partial charge on any atom is -0.443 e. The SMILES string of the molecule is C=C(O/C(C)=N/C(=C)N(O)S(C)(=O)=O)c1ccc(C)cc1. The van der Waals surface area contributed by atoms with Crippen LogP contribution >= 0.6 is 0 Å². The first-order valence-electron chi connectivity index (χ1n) is 5.98. The Balaban J connectivity index is 2.78. The highest BCUT2D eigenvalue weighted by Gasteiger charge is 2.15. The zero-order valence-electron chi connectivity index (χ0n) is 12.2. The lowest BCUT2D eigenvalue weighted by molar-refractivity contribution is 0.0395. The molecular formula is C14H18N2O4S. The van der Waals surface area contributed by atoms with E-state index in [1.807, 2.05) is 31.2 Å². The van der Waals surface area contributed by atoms with Crippen LogP contribution in [-0.2, 0) is 14.8 Å². The summed E-state index contributed by atoms with van der Waals surface area (Å²) in [6, 6.07) is 7.51. The van der Waals surface area contributed by atoms with Crippen LogP contribution in [0.4, 0.5) is 0 Å². The number of rotatable bonds is 5. The second kappa shape index (κ2) is 6.55. The Labute approximate surface area is 124 Å². The van der Waals surface area contributed by atoms with Gasteiger partial charge in [0.15, 0.2) is 11.7 Å². The van der Waals surface area contributed by atoms with Gasteiger partial charge in [-0.2, -0.15) is 4.99 Å². The van der Waals surface area contributed by atoms with Crippen molar-refractivity contribution in [2.75, 3.05) is 6.26 Å². The van der Waals surface area contributed by atoms with Gasteiger partial charge in [-0.05, 0) is 6.92 Å². The third-order valence-electron chi connectivity index (χ3n) is 2.47. The second-order valence-electron chi connectivity index (χ2n) is 4.44. The summed E-state index contributed by atoms with van der Waals surface area (Å²) in [4.78, 5) is 3.76. The monoisotopic (exact) mass is 310 g/mol. The summed E-state index contributed by atoms with van der Waals surface area (Å²) in [6.07, 6.45) is 0.828. The highest BCUT2D eigenvalue weighted by Crippen LogP contribution is 2.16. The molecule has 0 atom stereocenters. The van der Waals surface area contributed by atoms with Gasteiger partial charge in [0.1, 0.15) is 5.76 Å². The van der Waals surface area contributed by atoms with Gasteiger partial charge in [0.2, 0.25) is 0 Å². The van der Waals surface area contributed by atoms with E-state index in [4.69, 9.17) is 4.74 Å². The Morgan fingerprint density at radius 2 is 1.81 bits per heavy atom. The molecule has 7 heteroatoms. The summed E-state index contributed by atoms with van der Waals surface area (Å²) >= 11 is 0. The van der Waals surface area contributed by atoms with Gasteiger partial charge in [-0.15, -0.1) is 4.47 Å². The van der Waals surface area contributed by atoms with E-state index >= 15 is 0 Å². The van der Waals surface area contributed by atoms with Crippen LogP contribution < -0.4 is 0 Å². The van der Waals surface area contributed by atoms with E-state index in [0.29, 0.717) is 5.76 Å². The van der Waals surface area contributed by atoms with Crippen LogP contribution in [0, 0.1) is 6.92 Å². The molecule has 0 aliphatic rings. The van der Waals surface area contributed by atoms with Crippen molar-refractivity contribution >= 4 is 21.7 Å². The second-order valence-corrected chi connectivity index (χ2v) is 6.26. The smallest absolute Gasteiger partial charge is 0.255 e. The molecule has 1 aromatic rings. The number of hydroxylamine groups is 1. The van der Waals surface area contributed by atoms with Crippen molar-refractivity contribution in [1.29, 1.82) is 0 Å². The maximum absolute atomic E-state index is 11.1. The molecule has 0 aliphatic heterocycles. The molecule has 0 saturated heterocycles. The largest absolute Gasteiger partial charge is 0.443 e. The van der Waals surface area contributed by atoms with E-state index < -0.39 is 10.0 Å². The quantitative estimate of drug-likeness (QED) is 0.392. The van der Waals surface area contributed by atoms with Gasteiger partial charge in [0.05, 0.1) is 6.26 Å². The molecule has 0 saturated carbocycles. The first-order chi connectivity index (χ1) is 9.61. The van der Waals surface area contributed by atoms with E-state index in [2.05, 4.69) is 18.2 Å². The van der Waals surface area contributed by atoms with Crippen molar-refractivity contribution < 1.29 is 18.4 Å². The number of sulfonamides is 1. The molecule has 6 nitrogen and oxygen atoms in total. The molecule has 0 bridgehead atoms. The molecule has 0 fully saturated rings. The first kappa shape index (κ1) is 16.9. The maximum Gasteiger partial charge on any atom is 0.255 e. The number of benzene rings is 1. The van der Waals surface area contributed by atoms with Crippen molar-refractivity contribution in [2.45, 2.75) is 13.8 Å². The zero-order chi connectivity index (χ0) is 16.2. The molecule has 1 aromatic carbocycles. The van der Waals surface area contributed by atoms with Crippen LogP contribution in [0.15, 0.2) is 48.2 Å². The fourth-order valence-electron chi connectivity index (χ4n) is 1.42. The summed E-state index contributed by atoms with van der Waals surface area (Å²) in [6.45, 7) is 10.6. The predicted octanol–water partition coefficient (Wildman–Crippen LogP) is 2.52. The lowest BCUT2D eigenvalue weighted by Gasteiger charge is -2.14. The number of hydrogen-bond acceptors (Lipinski definition) is 5. The van der Waals surface area contributed by atoms with Crippen molar-refractivity contribution in [3.63, 3.8) is 0 Å². The van der Waals surface area contributed by atoms with Crippen LogP contribution in [-0.4, -0.2) is 30.2 Å². The zero-order valence-corrected chi connectivity index (χ0v) is 13.0. The summed E-state index contributed by atoms with van der Waals surface area (Å²) in [7, 11) is -3.83. The molecule has 0 aliphatic carbocycles. The molecule has 114 valence electrons. The van der Waals surface area contributed by atoms with Gasteiger partial charge >= 0.3 is 0 Å². The van der Waals surface area contributed by atoms with E-state index in [-0.39, 0.29) is 16.2 Å². The standard InChI is InChI=1S/C14H18N2O4S/c1-10-6-8-14(9-7-10)11(2)20-13(4)15-12(3)16(17)21(5,18)19/h6-9,17H,2-3H2,1,4-5H3/b15-13+. The molecule has 0 amide bonds. The predicted molar refractivity (Wildman–Crippen MR) is 82.0 cm³/mol. The molecule has 21 heavy (non-hydrogen) atoms.